The lowest BCUT2D eigenvalue weighted by molar-refractivity contribution is -0.133. The van der Waals surface area contributed by atoms with Crippen molar-refractivity contribution in [1.29, 1.82) is 0 Å². The Morgan fingerprint density at radius 2 is 1.64 bits per heavy atom. The Morgan fingerprint density at radius 1 is 1.04 bits per heavy atom. The van der Waals surface area contributed by atoms with Crippen LogP contribution < -0.4 is 4.74 Å². The highest BCUT2D eigenvalue weighted by Gasteiger charge is 2.30. The van der Waals surface area contributed by atoms with Crippen LogP contribution >= 0.6 is 0 Å². The molecule has 156 valence electrons. The number of hydrogen-bond donors (Lipinski definition) is 0. The van der Waals surface area contributed by atoms with E-state index in [1.54, 1.807) is 29.2 Å². The minimum Gasteiger partial charge on any atom is -0.494 e. The summed E-state index contributed by atoms with van der Waals surface area (Å²) in [6.07, 6.45) is 2.28. The smallest absolute Gasteiger partial charge is 0.243 e. The van der Waals surface area contributed by atoms with E-state index in [0.717, 1.165) is 31.8 Å². The van der Waals surface area contributed by atoms with E-state index >= 15 is 0 Å². The molecule has 0 aliphatic carbocycles. The van der Waals surface area contributed by atoms with E-state index in [0.29, 0.717) is 45.1 Å². The van der Waals surface area contributed by atoms with Crippen LogP contribution in [-0.4, -0.2) is 80.9 Å². The molecule has 0 aromatic heterocycles. The second-order valence-corrected chi connectivity index (χ2v) is 9.59. The van der Waals surface area contributed by atoms with Gasteiger partial charge in [0.2, 0.25) is 15.9 Å². The Labute approximate surface area is 168 Å². The molecule has 2 fully saturated rings. The third-order valence-electron chi connectivity index (χ3n) is 5.60. The topological polar surface area (TPSA) is 70.2 Å². The molecule has 0 N–H and O–H groups in total. The molecule has 0 unspecified atom stereocenters. The van der Waals surface area contributed by atoms with Gasteiger partial charge < -0.3 is 9.64 Å². The maximum Gasteiger partial charge on any atom is 0.243 e. The Bertz CT molecular complexity index is 750. The molecule has 2 aliphatic rings. The summed E-state index contributed by atoms with van der Waals surface area (Å²) in [6, 6.07) is 6.51. The van der Waals surface area contributed by atoms with Gasteiger partial charge in [0.05, 0.1) is 18.0 Å². The summed E-state index contributed by atoms with van der Waals surface area (Å²) in [7, 11) is -3.55. The van der Waals surface area contributed by atoms with Gasteiger partial charge in [-0.25, -0.2) is 8.42 Å². The van der Waals surface area contributed by atoms with E-state index in [2.05, 4.69) is 11.8 Å². The van der Waals surface area contributed by atoms with E-state index < -0.39 is 10.0 Å². The van der Waals surface area contributed by atoms with Crippen molar-refractivity contribution < 1.29 is 17.9 Å². The maximum absolute atomic E-state index is 12.9. The Balaban J connectivity index is 1.53. The quantitative estimate of drug-likeness (QED) is 0.715. The molecule has 0 bridgehead atoms. The number of piperidine rings is 1. The number of rotatable bonds is 6. The van der Waals surface area contributed by atoms with Crippen molar-refractivity contribution >= 4 is 15.9 Å². The summed E-state index contributed by atoms with van der Waals surface area (Å²) in [5.41, 5.74) is 0. The standard InChI is InChI=1S/C20H31N3O4S/c1-3-27-18-4-6-19(7-5-18)28(25,26)23-14-12-22(13-15-23)20(24)16-21-10-8-17(2)9-11-21/h4-7,17H,3,8-16H2,1-2H3. The summed E-state index contributed by atoms with van der Waals surface area (Å²) < 4.78 is 32.5. The third kappa shape index (κ3) is 5.04. The molecule has 1 aromatic carbocycles. The molecule has 0 radical (unpaired) electrons. The average molecular weight is 410 g/mol. The molecule has 0 atom stereocenters. The molecule has 2 heterocycles. The number of amides is 1. The van der Waals surface area contributed by atoms with Gasteiger partial charge in [0.25, 0.3) is 0 Å². The first kappa shape index (κ1) is 21.1. The summed E-state index contributed by atoms with van der Waals surface area (Å²) >= 11 is 0. The number of likely N-dealkylation sites (tertiary alicyclic amines) is 1. The minimum absolute atomic E-state index is 0.104. The molecular weight excluding hydrogens is 378 g/mol. The van der Waals surface area contributed by atoms with Gasteiger partial charge in [-0.3, -0.25) is 9.69 Å². The van der Waals surface area contributed by atoms with Gasteiger partial charge in [0.15, 0.2) is 0 Å². The predicted molar refractivity (Wildman–Crippen MR) is 108 cm³/mol. The van der Waals surface area contributed by atoms with Gasteiger partial charge in [0, 0.05) is 26.2 Å². The maximum atomic E-state index is 12.9. The van der Waals surface area contributed by atoms with E-state index in [1.807, 2.05) is 6.92 Å². The lowest BCUT2D eigenvalue weighted by Crippen LogP contribution is -2.53. The van der Waals surface area contributed by atoms with E-state index in [-0.39, 0.29) is 10.8 Å². The SMILES string of the molecule is CCOc1ccc(S(=O)(=O)N2CCN(C(=O)CN3CCC(C)CC3)CC2)cc1. The third-order valence-corrected chi connectivity index (χ3v) is 7.51. The number of nitrogens with zero attached hydrogens (tertiary/aromatic N) is 3. The largest absolute Gasteiger partial charge is 0.494 e. The summed E-state index contributed by atoms with van der Waals surface area (Å²) in [4.78, 5) is 16.8. The fourth-order valence-corrected chi connectivity index (χ4v) is 5.14. The monoisotopic (exact) mass is 409 g/mol. The van der Waals surface area contributed by atoms with Crippen LogP contribution in [0.25, 0.3) is 0 Å². The zero-order valence-electron chi connectivity index (χ0n) is 16.8. The van der Waals surface area contributed by atoms with Gasteiger partial charge in [-0.05, 0) is 63.0 Å². The van der Waals surface area contributed by atoms with E-state index in [9.17, 15) is 13.2 Å². The zero-order valence-corrected chi connectivity index (χ0v) is 17.7. The van der Waals surface area contributed by atoms with Crippen LogP contribution in [0.15, 0.2) is 29.2 Å². The van der Waals surface area contributed by atoms with Gasteiger partial charge in [-0.2, -0.15) is 4.31 Å². The molecule has 1 amide bonds. The van der Waals surface area contributed by atoms with Crippen molar-refractivity contribution in [2.24, 2.45) is 5.92 Å². The number of carbonyl (C=O) groups is 1. The lowest BCUT2D eigenvalue weighted by Gasteiger charge is -2.36. The number of piperazine rings is 1. The highest BCUT2D eigenvalue weighted by atomic mass is 32.2. The van der Waals surface area contributed by atoms with Crippen molar-refractivity contribution in [1.82, 2.24) is 14.1 Å². The molecule has 8 heteroatoms. The molecule has 3 rings (SSSR count). The van der Waals surface area contributed by atoms with Gasteiger partial charge >= 0.3 is 0 Å². The highest BCUT2D eigenvalue weighted by molar-refractivity contribution is 7.89. The molecule has 0 saturated carbocycles. The lowest BCUT2D eigenvalue weighted by atomic mass is 9.99. The number of hydrogen-bond acceptors (Lipinski definition) is 5. The predicted octanol–water partition coefficient (Wildman–Crippen LogP) is 1.65. The zero-order chi connectivity index (χ0) is 20.1. The summed E-state index contributed by atoms with van der Waals surface area (Å²) in [6.45, 7) is 8.62. The minimum atomic E-state index is -3.55. The van der Waals surface area contributed by atoms with E-state index in [4.69, 9.17) is 4.74 Å². The Morgan fingerprint density at radius 3 is 2.21 bits per heavy atom. The van der Waals surface area contributed by atoms with Crippen molar-refractivity contribution in [3.63, 3.8) is 0 Å². The van der Waals surface area contributed by atoms with E-state index in [1.165, 1.54) is 4.31 Å². The molecule has 28 heavy (non-hydrogen) atoms. The van der Waals surface area contributed by atoms with Crippen LogP contribution in [0.5, 0.6) is 5.75 Å². The molecule has 2 aliphatic heterocycles. The number of ether oxygens (including phenoxy) is 1. The van der Waals surface area contributed by atoms with Gasteiger partial charge in [-0.15, -0.1) is 0 Å². The molecular formula is C20H31N3O4S. The first-order valence-corrected chi connectivity index (χ1v) is 11.6. The number of sulfonamides is 1. The first-order valence-electron chi connectivity index (χ1n) is 10.1. The fourth-order valence-electron chi connectivity index (χ4n) is 3.71. The molecule has 0 spiro atoms. The molecule has 1 aromatic rings. The van der Waals surface area contributed by atoms with Crippen molar-refractivity contribution in [2.45, 2.75) is 31.6 Å². The van der Waals surface area contributed by atoms with Crippen LogP contribution in [0.4, 0.5) is 0 Å². The van der Waals surface area contributed by atoms with Gasteiger partial charge in [0.1, 0.15) is 5.75 Å². The Kier molecular flexibility index (Phi) is 6.95. The van der Waals surface area contributed by atoms with Crippen molar-refractivity contribution in [3.8, 4) is 5.75 Å². The number of benzene rings is 1. The highest BCUT2D eigenvalue weighted by Crippen LogP contribution is 2.21. The Hall–Kier alpha value is -1.64. The van der Waals surface area contributed by atoms with Crippen LogP contribution in [0.2, 0.25) is 0 Å². The van der Waals surface area contributed by atoms with Crippen molar-refractivity contribution in [3.05, 3.63) is 24.3 Å². The summed E-state index contributed by atoms with van der Waals surface area (Å²) in [5, 5.41) is 0. The second kappa shape index (κ2) is 9.24. The first-order chi connectivity index (χ1) is 13.4. The molecule has 7 nitrogen and oxygen atoms in total. The number of carbonyl (C=O) groups excluding carboxylic acids is 1. The van der Waals surface area contributed by atoms with Crippen LogP contribution in [0, 0.1) is 5.92 Å². The van der Waals surface area contributed by atoms with Crippen LogP contribution in [0.1, 0.15) is 26.7 Å². The van der Waals surface area contributed by atoms with Gasteiger partial charge in [-0.1, -0.05) is 6.92 Å². The van der Waals surface area contributed by atoms with Crippen molar-refractivity contribution in [2.75, 3.05) is 52.4 Å². The normalized spacial score (nSPS) is 20.3. The van der Waals surface area contributed by atoms with Crippen LogP contribution in [-0.2, 0) is 14.8 Å². The summed E-state index contributed by atoms with van der Waals surface area (Å²) in [5.74, 6) is 1.50. The fraction of sp³-hybridized carbons (Fsp3) is 0.650. The average Bonchev–Trinajstić information content (AvgIpc) is 2.70. The van der Waals surface area contributed by atoms with Crippen LogP contribution in [0.3, 0.4) is 0 Å². The molecule has 2 saturated heterocycles. The second-order valence-electron chi connectivity index (χ2n) is 7.65.